The minimum atomic E-state index is -4.48. The molecule has 1 rings (SSSR count). The molecule has 88 valence electrons. The van der Waals surface area contributed by atoms with Crippen LogP contribution in [-0.4, -0.2) is 17.6 Å². The lowest BCUT2D eigenvalue weighted by atomic mass is 10.1. The number of carbonyl (C=O) groups excluding carboxylic acids is 1. The van der Waals surface area contributed by atoms with Gasteiger partial charge in [-0.1, -0.05) is 0 Å². The van der Waals surface area contributed by atoms with Crippen LogP contribution in [0.2, 0.25) is 0 Å². The Morgan fingerprint density at radius 2 is 2.19 bits per heavy atom. The molecule has 0 fully saturated rings. The van der Waals surface area contributed by atoms with E-state index in [1.165, 1.54) is 0 Å². The van der Waals surface area contributed by atoms with Crippen molar-refractivity contribution in [1.82, 2.24) is 4.98 Å². The molecule has 0 aromatic carbocycles. The van der Waals surface area contributed by atoms with Crippen molar-refractivity contribution in [2.24, 2.45) is 0 Å². The number of rotatable bonds is 3. The summed E-state index contributed by atoms with van der Waals surface area (Å²) in [6.45, 7) is 1.73. The minimum Gasteiger partial charge on any atom is -0.466 e. The summed E-state index contributed by atoms with van der Waals surface area (Å²) in [4.78, 5) is 14.6. The molecule has 3 nitrogen and oxygen atoms in total. The van der Waals surface area contributed by atoms with Crippen LogP contribution in [0, 0.1) is 0 Å². The molecular formula is C10H10F3NO2. The number of alkyl halides is 3. The van der Waals surface area contributed by atoms with Gasteiger partial charge >= 0.3 is 12.1 Å². The van der Waals surface area contributed by atoms with Gasteiger partial charge in [0.1, 0.15) is 0 Å². The number of pyridine rings is 1. The van der Waals surface area contributed by atoms with Gasteiger partial charge in [0.25, 0.3) is 0 Å². The molecule has 1 heterocycles. The van der Waals surface area contributed by atoms with Crippen molar-refractivity contribution in [3.8, 4) is 0 Å². The predicted molar refractivity (Wildman–Crippen MR) is 49.6 cm³/mol. The quantitative estimate of drug-likeness (QED) is 0.751. The van der Waals surface area contributed by atoms with E-state index in [0.717, 1.165) is 18.5 Å². The van der Waals surface area contributed by atoms with Crippen LogP contribution < -0.4 is 0 Å². The monoisotopic (exact) mass is 233 g/mol. The molecule has 0 atom stereocenters. The van der Waals surface area contributed by atoms with Gasteiger partial charge in [-0.25, -0.2) is 0 Å². The molecule has 0 radical (unpaired) electrons. The van der Waals surface area contributed by atoms with Crippen LogP contribution in [0.15, 0.2) is 18.5 Å². The number of esters is 1. The van der Waals surface area contributed by atoms with Crippen LogP contribution in [0.5, 0.6) is 0 Å². The zero-order chi connectivity index (χ0) is 12.2. The second kappa shape index (κ2) is 4.96. The Kier molecular flexibility index (Phi) is 3.87. The molecule has 0 spiro atoms. The van der Waals surface area contributed by atoms with E-state index in [0.29, 0.717) is 0 Å². The molecule has 0 aliphatic rings. The Morgan fingerprint density at radius 1 is 1.50 bits per heavy atom. The second-order valence-corrected chi connectivity index (χ2v) is 3.01. The van der Waals surface area contributed by atoms with Gasteiger partial charge in [-0.15, -0.1) is 0 Å². The minimum absolute atomic E-state index is 0.139. The van der Waals surface area contributed by atoms with Crippen LogP contribution >= 0.6 is 0 Å². The Balaban J connectivity index is 2.92. The summed E-state index contributed by atoms with van der Waals surface area (Å²) < 4.78 is 42.1. The van der Waals surface area contributed by atoms with Crippen LogP contribution in [0.25, 0.3) is 0 Å². The number of hydrogen-bond donors (Lipinski definition) is 0. The van der Waals surface area contributed by atoms with E-state index in [-0.39, 0.29) is 12.2 Å². The highest BCUT2D eigenvalue weighted by atomic mass is 19.4. The molecule has 0 bridgehead atoms. The van der Waals surface area contributed by atoms with Gasteiger partial charge in [0.2, 0.25) is 0 Å². The van der Waals surface area contributed by atoms with Gasteiger partial charge in [0.05, 0.1) is 18.6 Å². The summed E-state index contributed by atoms with van der Waals surface area (Å²) >= 11 is 0. The normalized spacial score (nSPS) is 11.2. The van der Waals surface area contributed by atoms with Gasteiger partial charge in [0.15, 0.2) is 0 Å². The number of halogens is 3. The maximum absolute atomic E-state index is 12.5. The zero-order valence-corrected chi connectivity index (χ0v) is 8.54. The first-order chi connectivity index (χ1) is 7.45. The molecular weight excluding hydrogens is 223 g/mol. The number of aromatic nitrogens is 1. The van der Waals surface area contributed by atoms with Crippen molar-refractivity contribution in [3.63, 3.8) is 0 Å². The summed E-state index contributed by atoms with van der Waals surface area (Å²) in [7, 11) is 0. The maximum atomic E-state index is 12.5. The number of hydrogen-bond acceptors (Lipinski definition) is 3. The highest BCUT2D eigenvalue weighted by molar-refractivity contribution is 5.73. The summed E-state index contributed by atoms with van der Waals surface area (Å²) in [5, 5.41) is 0. The van der Waals surface area contributed by atoms with Crippen LogP contribution in [-0.2, 0) is 22.1 Å². The highest BCUT2D eigenvalue weighted by Gasteiger charge is 2.33. The molecule has 0 saturated carbocycles. The van der Waals surface area contributed by atoms with E-state index in [1.54, 1.807) is 6.92 Å². The third-order valence-electron chi connectivity index (χ3n) is 1.85. The van der Waals surface area contributed by atoms with Crippen molar-refractivity contribution in [3.05, 3.63) is 29.6 Å². The molecule has 0 N–H and O–H groups in total. The Hall–Kier alpha value is -1.59. The molecule has 0 aliphatic heterocycles. The summed E-state index contributed by atoms with van der Waals surface area (Å²) in [6, 6.07) is 0.842. The lowest BCUT2D eigenvalue weighted by Gasteiger charge is -2.11. The summed E-state index contributed by atoms with van der Waals surface area (Å²) in [5.74, 6) is -0.694. The molecule has 6 heteroatoms. The van der Waals surface area contributed by atoms with E-state index in [2.05, 4.69) is 9.72 Å². The average Bonchev–Trinajstić information content (AvgIpc) is 2.17. The fraction of sp³-hybridized carbons (Fsp3) is 0.400. The smallest absolute Gasteiger partial charge is 0.416 e. The maximum Gasteiger partial charge on any atom is 0.416 e. The van der Waals surface area contributed by atoms with E-state index < -0.39 is 24.1 Å². The fourth-order valence-corrected chi connectivity index (χ4v) is 1.21. The van der Waals surface area contributed by atoms with Crippen LogP contribution in [0.4, 0.5) is 13.2 Å². The molecule has 1 aromatic rings. The van der Waals surface area contributed by atoms with Gasteiger partial charge in [-0.05, 0) is 18.6 Å². The van der Waals surface area contributed by atoms with Crippen molar-refractivity contribution in [1.29, 1.82) is 0 Å². The van der Waals surface area contributed by atoms with Gasteiger partial charge in [-0.3, -0.25) is 9.78 Å². The van der Waals surface area contributed by atoms with Crippen molar-refractivity contribution >= 4 is 5.97 Å². The Labute approximate surface area is 90.2 Å². The third kappa shape index (κ3) is 3.22. The summed E-state index contributed by atoms with van der Waals surface area (Å²) in [6.07, 6.45) is -2.83. The Morgan fingerprint density at radius 3 is 2.75 bits per heavy atom. The molecule has 0 amide bonds. The number of nitrogens with zero attached hydrogens (tertiary/aromatic N) is 1. The highest BCUT2D eigenvalue weighted by Crippen LogP contribution is 2.31. The van der Waals surface area contributed by atoms with Gasteiger partial charge in [0, 0.05) is 12.4 Å². The number of carbonyl (C=O) groups is 1. The van der Waals surface area contributed by atoms with Crippen molar-refractivity contribution in [2.45, 2.75) is 19.5 Å². The predicted octanol–water partition coefficient (Wildman–Crippen LogP) is 2.21. The van der Waals surface area contributed by atoms with Gasteiger partial charge in [-0.2, -0.15) is 13.2 Å². The standard InChI is InChI=1S/C10H10F3NO2/c1-2-16-9(15)5-7-6-14-4-3-8(7)10(11,12)13/h3-4,6H,2,5H2,1H3. The lowest BCUT2D eigenvalue weighted by Crippen LogP contribution is -2.14. The molecule has 0 saturated heterocycles. The summed E-state index contributed by atoms with van der Waals surface area (Å²) in [5.41, 5.74) is -1.02. The van der Waals surface area contributed by atoms with E-state index >= 15 is 0 Å². The lowest BCUT2D eigenvalue weighted by molar-refractivity contribution is -0.143. The zero-order valence-electron chi connectivity index (χ0n) is 8.54. The SMILES string of the molecule is CCOC(=O)Cc1cnccc1C(F)(F)F. The molecule has 1 aromatic heterocycles. The third-order valence-corrected chi connectivity index (χ3v) is 1.85. The first kappa shape index (κ1) is 12.5. The van der Waals surface area contributed by atoms with Crippen molar-refractivity contribution in [2.75, 3.05) is 6.61 Å². The molecule has 0 aliphatic carbocycles. The largest absolute Gasteiger partial charge is 0.466 e. The number of ether oxygens (including phenoxy) is 1. The molecule has 0 unspecified atom stereocenters. The van der Waals surface area contributed by atoms with E-state index in [9.17, 15) is 18.0 Å². The fourth-order valence-electron chi connectivity index (χ4n) is 1.21. The van der Waals surface area contributed by atoms with Crippen LogP contribution in [0.1, 0.15) is 18.1 Å². The van der Waals surface area contributed by atoms with Gasteiger partial charge < -0.3 is 4.74 Å². The van der Waals surface area contributed by atoms with Crippen LogP contribution in [0.3, 0.4) is 0 Å². The first-order valence-electron chi connectivity index (χ1n) is 4.61. The van der Waals surface area contributed by atoms with E-state index in [1.807, 2.05) is 0 Å². The average molecular weight is 233 g/mol. The van der Waals surface area contributed by atoms with E-state index in [4.69, 9.17) is 0 Å². The Bertz CT molecular complexity index is 377. The first-order valence-corrected chi connectivity index (χ1v) is 4.61. The second-order valence-electron chi connectivity index (χ2n) is 3.01. The molecule has 16 heavy (non-hydrogen) atoms. The topological polar surface area (TPSA) is 39.2 Å². The van der Waals surface area contributed by atoms with Crippen molar-refractivity contribution < 1.29 is 22.7 Å².